The van der Waals surface area contributed by atoms with Crippen molar-refractivity contribution in [1.29, 1.82) is 0 Å². The van der Waals surface area contributed by atoms with E-state index in [1.165, 1.54) is 25.1 Å². The van der Waals surface area contributed by atoms with E-state index in [1.807, 2.05) is 6.20 Å². The molecule has 5 nitrogen and oxygen atoms in total. The fourth-order valence-electron chi connectivity index (χ4n) is 2.75. The SMILES string of the molecule is CN1CCO[C@H](CN(Cc2ccn[nH]2)CC2CC2)C1. The largest absolute Gasteiger partial charge is 0.374 e. The Balaban J connectivity index is 1.55. The molecule has 1 saturated carbocycles. The lowest BCUT2D eigenvalue weighted by Crippen LogP contribution is -2.46. The average molecular weight is 264 g/mol. The third-order valence-electron chi connectivity index (χ3n) is 3.97. The monoisotopic (exact) mass is 264 g/mol. The van der Waals surface area contributed by atoms with E-state index in [0.29, 0.717) is 6.10 Å². The van der Waals surface area contributed by atoms with Gasteiger partial charge in [0.1, 0.15) is 0 Å². The maximum Gasteiger partial charge on any atom is 0.0829 e. The van der Waals surface area contributed by atoms with Crippen molar-refractivity contribution in [3.63, 3.8) is 0 Å². The molecular formula is C14H24N4O. The van der Waals surface area contributed by atoms with Gasteiger partial charge in [-0.2, -0.15) is 5.10 Å². The van der Waals surface area contributed by atoms with Crippen molar-refractivity contribution < 1.29 is 4.74 Å². The van der Waals surface area contributed by atoms with Crippen LogP contribution in [-0.2, 0) is 11.3 Å². The Morgan fingerprint density at radius 2 is 2.37 bits per heavy atom. The summed E-state index contributed by atoms with van der Waals surface area (Å²) in [5, 5.41) is 7.10. The van der Waals surface area contributed by atoms with Crippen LogP contribution in [0, 0.1) is 5.92 Å². The van der Waals surface area contributed by atoms with E-state index in [1.54, 1.807) is 0 Å². The number of morpholine rings is 1. The first kappa shape index (κ1) is 13.1. The number of likely N-dealkylation sites (N-methyl/N-ethyl adjacent to an activating group) is 1. The van der Waals surface area contributed by atoms with Gasteiger partial charge >= 0.3 is 0 Å². The summed E-state index contributed by atoms with van der Waals surface area (Å²) in [6, 6.07) is 2.06. The summed E-state index contributed by atoms with van der Waals surface area (Å²) in [6.45, 7) is 6.15. The van der Waals surface area contributed by atoms with Gasteiger partial charge in [-0.25, -0.2) is 0 Å². The molecule has 19 heavy (non-hydrogen) atoms. The van der Waals surface area contributed by atoms with E-state index in [-0.39, 0.29) is 0 Å². The van der Waals surface area contributed by atoms with E-state index in [2.05, 4.69) is 33.1 Å². The van der Waals surface area contributed by atoms with E-state index >= 15 is 0 Å². The number of hydrogen-bond donors (Lipinski definition) is 1. The van der Waals surface area contributed by atoms with E-state index in [9.17, 15) is 0 Å². The Morgan fingerprint density at radius 3 is 3.05 bits per heavy atom. The van der Waals surface area contributed by atoms with Crippen LogP contribution < -0.4 is 0 Å². The zero-order chi connectivity index (χ0) is 13.1. The van der Waals surface area contributed by atoms with Gasteiger partial charge in [-0.3, -0.25) is 10.00 Å². The summed E-state index contributed by atoms with van der Waals surface area (Å²) in [6.07, 6.45) is 4.96. The predicted molar refractivity (Wildman–Crippen MR) is 73.8 cm³/mol. The van der Waals surface area contributed by atoms with Crippen molar-refractivity contribution in [3.8, 4) is 0 Å². The molecular weight excluding hydrogens is 240 g/mol. The molecule has 1 aliphatic carbocycles. The molecule has 0 aromatic carbocycles. The fourth-order valence-corrected chi connectivity index (χ4v) is 2.75. The van der Waals surface area contributed by atoms with Gasteiger partial charge in [-0.15, -0.1) is 0 Å². The van der Waals surface area contributed by atoms with Gasteiger partial charge in [0.05, 0.1) is 12.7 Å². The molecule has 0 amide bonds. The van der Waals surface area contributed by atoms with Gasteiger partial charge in [0.2, 0.25) is 0 Å². The average Bonchev–Trinajstić information content (AvgIpc) is 3.03. The third-order valence-corrected chi connectivity index (χ3v) is 3.97. The van der Waals surface area contributed by atoms with Crippen molar-refractivity contribution in [2.75, 3.05) is 39.8 Å². The van der Waals surface area contributed by atoms with E-state index in [4.69, 9.17) is 4.74 Å². The van der Waals surface area contributed by atoms with Gasteiger partial charge in [0, 0.05) is 44.6 Å². The number of hydrogen-bond acceptors (Lipinski definition) is 4. The molecule has 0 spiro atoms. The molecule has 106 valence electrons. The first-order valence-corrected chi connectivity index (χ1v) is 7.30. The quantitative estimate of drug-likeness (QED) is 0.831. The highest BCUT2D eigenvalue weighted by Crippen LogP contribution is 2.30. The molecule has 1 aromatic rings. The van der Waals surface area contributed by atoms with Crippen LogP contribution in [0.25, 0.3) is 0 Å². The van der Waals surface area contributed by atoms with Gasteiger partial charge in [-0.05, 0) is 31.9 Å². The van der Waals surface area contributed by atoms with E-state index in [0.717, 1.165) is 38.7 Å². The summed E-state index contributed by atoms with van der Waals surface area (Å²) in [7, 11) is 2.18. The van der Waals surface area contributed by atoms with Crippen LogP contribution in [0.15, 0.2) is 12.3 Å². The minimum Gasteiger partial charge on any atom is -0.374 e. The molecule has 2 fully saturated rings. The highest BCUT2D eigenvalue weighted by atomic mass is 16.5. The van der Waals surface area contributed by atoms with Gasteiger partial charge in [-0.1, -0.05) is 0 Å². The van der Waals surface area contributed by atoms with Gasteiger partial charge in [0.25, 0.3) is 0 Å². The second kappa shape index (κ2) is 6.03. The first-order valence-electron chi connectivity index (χ1n) is 7.30. The normalized spacial score (nSPS) is 25.1. The van der Waals surface area contributed by atoms with Crippen molar-refractivity contribution in [3.05, 3.63) is 18.0 Å². The van der Waals surface area contributed by atoms with Crippen molar-refractivity contribution in [1.82, 2.24) is 20.0 Å². The lowest BCUT2D eigenvalue weighted by molar-refractivity contribution is -0.0374. The predicted octanol–water partition coefficient (Wildman–Crippen LogP) is 0.952. The Morgan fingerprint density at radius 1 is 1.47 bits per heavy atom. The molecule has 2 heterocycles. The van der Waals surface area contributed by atoms with Crippen molar-refractivity contribution in [2.45, 2.75) is 25.5 Å². The maximum absolute atomic E-state index is 5.89. The van der Waals surface area contributed by atoms with Crippen LogP contribution >= 0.6 is 0 Å². The first-order chi connectivity index (χ1) is 9.29. The molecule has 0 radical (unpaired) electrons. The summed E-state index contributed by atoms with van der Waals surface area (Å²) < 4.78 is 5.89. The standard InChI is InChI=1S/C14H24N4O/c1-17-6-7-19-14(10-17)11-18(8-12-2-3-12)9-13-4-5-15-16-13/h4-5,12,14H,2-3,6-11H2,1H3,(H,15,16)/t14-/m0/s1. The van der Waals surface area contributed by atoms with Crippen molar-refractivity contribution in [2.24, 2.45) is 5.92 Å². The smallest absolute Gasteiger partial charge is 0.0829 e. The molecule has 1 N–H and O–H groups in total. The maximum atomic E-state index is 5.89. The minimum absolute atomic E-state index is 0.348. The number of rotatable bonds is 6. The Hall–Kier alpha value is -0.910. The van der Waals surface area contributed by atoms with Crippen molar-refractivity contribution >= 4 is 0 Å². The number of aromatic nitrogens is 2. The van der Waals surface area contributed by atoms with Crippen LogP contribution in [0.1, 0.15) is 18.5 Å². The molecule has 0 unspecified atom stereocenters. The number of nitrogens with zero attached hydrogens (tertiary/aromatic N) is 3. The molecule has 1 aromatic heterocycles. The minimum atomic E-state index is 0.348. The number of ether oxygens (including phenoxy) is 1. The lowest BCUT2D eigenvalue weighted by Gasteiger charge is -2.33. The van der Waals surface area contributed by atoms with Crippen LogP contribution in [0.5, 0.6) is 0 Å². The zero-order valence-electron chi connectivity index (χ0n) is 11.7. The van der Waals surface area contributed by atoms with E-state index < -0.39 is 0 Å². The fraction of sp³-hybridized carbons (Fsp3) is 0.786. The Kier molecular flexibility index (Phi) is 4.15. The lowest BCUT2D eigenvalue weighted by atomic mass is 10.2. The van der Waals surface area contributed by atoms with Crippen LogP contribution in [-0.4, -0.2) is 65.9 Å². The summed E-state index contributed by atoms with van der Waals surface area (Å²) in [5.41, 5.74) is 1.20. The van der Waals surface area contributed by atoms with Crippen LogP contribution in [0.4, 0.5) is 0 Å². The Bertz CT molecular complexity index is 377. The zero-order valence-corrected chi connectivity index (χ0v) is 11.7. The van der Waals surface area contributed by atoms with Crippen LogP contribution in [0.3, 0.4) is 0 Å². The summed E-state index contributed by atoms with van der Waals surface area (Å²) in [4.78, 5) is 4.88. The molecule has 5 heteroatoms. The number of nitrogens with one attached hydrogen (secondary N) is 1. The molecule has 1 saturated heterocycles. The Labute approximate surface area is 114 Å². The van der Waals surface area contributed by atoms with Gasteiger partial charge in [0.15, 0.2) is 0 Å². The number of H-pyrrole nitrogens is 1. The van der Waals surface area contributed by atoms with Crippen LogP contribution in [0.2, 0.25) is 0 Å². The third kappa shape index (κ3) is 4.03. The second-order valence-corrected chi connectivity index (χ2v) is 5.97. The second-order valence-electron chi connectivity index (χ2n) is 5.97. The molecule has 3 rings (SSSR count). The van der Waals surface area contributed by atoms with Gasteiger partial charge < -0.3 is 9.64 Å². The molecule has 1 aliphatic heterocycles. The number of aromatic amines is 1. The topological polar surface area (TPSA) is 44.4 Å². The highest BCUT2D eigenvalue weighted by molar-refractivity contribution is 4.98. The summed E-state index contributed by atoms with van der Waals surface area (Å²) in [5.74, 6) is 0.907. The molecule has 0 bridgehead atoms. The molecule has 2 aliphatic rings. The summed E-state index contributed by atoms with van der Waals surface area (Å²) >= 11 is 0. The molecule has 1 atom stereocenters. The highest BCUT2D eigenvalue weighted by Gasteiger charge is 2.27.